The molecule has 0 fully saturated rings. The second kappa shape index (κ2) is 4.10. The number of carbonyl (C=O) groups is 1. The van der Waals surface area contributed by atoms with Crippen molar-refractivity contribution >= 4 is 17.3 Å². The molecule has 1 aromatic carbocycles. The largest absolute Gasteiger partial charge is 0.369 e. The van der Waals surface area contributed by atoms with Gasteiger partial charge in [-0.25, -0.2) is 4.39 Å². The summed E-state index contributed by atoms with van der Waals surface area (Å²) in [5.41, 5.74) is 1.97. The lowest BCUT2D eigenvalue weighted by atomic mass is 10.1. The Morgan fingerprint density at radius 3 is 3.00 bits per heavy atom. The molecular weight excluding hydrogens is 233 g/mol. The van der Waals surface area contributed by atoms with Gasteiger partial charge in [0.2, 0.25) is 0 Å². The van der Waals surface area contributed by atoms with Crippen LogP contribution < -0.4 is 10.6 Å². The van der Waals surface area contributed by atoms with Gasteiger partial charge in [-0.3, -0.25) is 9.78 Å². The van der Waals surface area contributed by atoms with Crippen LogP contribution in [0.4, 0.5) is 15.8 Å². The van der Waals surface area contributed by atoms with Gasteiger partial charge in [0.05, 0.1) is 5.69 Å². The van der Waals surface area contributed by atoms with Gasteiger partial charge in [0.25, 0.3) is 5.91 Å². The number of fused-ring (bicyclic) bond motifs is 1. The average molecular weight is 243 g/mol. The molecule has 0 radical (unpaired) electrons. The minimum Gasteiger partial charge on any atom is -0.369 e. The van der Waals surface area contributed by atoms with Crippen LogP contribution in [0.5, 0.6) is 0 Å². The van der Waals surface area contributed by atoms with Gasteiger partial charge >= 0.3 is 0 Å². The Balaban J connectivity index is 1.94. The predicted octanol–water partition coefficient (Wildman–Crippen LogP) is 2.33. The molecule has 1 aliphatic heterocycles. The van der Waals surface area contributed by atoms with E-state index in [9.17, 15) is 9.18 Å². The Labute approximate surface area is 103 Å². The fraction of sp³-hybridized carbons (Fsp3) is 0.0769. The number of nitrogens with zero attached hydrogens (tertiary/aromatic N) is 1. The van der Waals surface area contributed by atoms with Crippen LogP contribution in [0.3, 0.4) is 0 Å². The van der Waals surface area contributed by atoms with Gasteiger partial charge in [-0.05, 0) is 30.3 Å². The molecule has 0 saturated carbocycles. The van der Waals surface area contributed by atoms with E-state index in [4.69, 9.17) is 0 Å². The molecule has 0 bridgehead atoms. The fourth-order valence-electron chi connectivity index (χ4n) is 1.99. The molecule has 1 aromatic heterocycles. The number of hydrogen-bond acceptors (Lipinski definition) is 3. The van der Waals surface area contributed by atoms with E-state index in [1.807, 2.05) is 0 Å². The van der Waals surface area contributed by atoms with E-state index in [0.717, 1.165) is 5.69 Å². The Morgan fingerprint density at radius 2 is 2.22 bits per heavy atom. The van der Waals surface area contributed by atoms with Crippen molar-refractivity contribution in [3.8, 4) is 0 Å². The predicted molar refractivity (Wildman–Crippen MR) is 65.6 cm³/mol. The van der Waals surface area contributed by atoms with E-state index in [2.05, 4.69) is 15.6 Å². The number of amides is 1. The molecule has 1 amide bonds. The molecule has 3 rings (SSSR count). The number of benzene rings is 1. The van der Waals surface area contributed by atoms with Crippen molar-refractivity contribution in [1.82, 2.24) is 4.98 Å². The average Bonchev–Trinajstić information content (AvgIpc) is 2.67. The van der Waals surface area contributed by atoms with E-state index in [-0.39, 0.29) is 11.7 Å². The van der Waals surface area contributed by atoms with Crippen molar-refractivity contribution in [1.29, 1.82) is 0 Å². The Bertz CT molecular complexity index is 600. The van der Waals surface area contributed by atoms with E-state index >= 15 is 0 Å². The summed E-state index contributed by atoms with van der Waals surface area (Å²) in [6, 6.07) is 7.24. The number of aromatic nitrogens is 1. The number of hydrogen-bond donors (Lipinski definition) is 2. The van der Waals surface area contributed by atoms with Gasteiger partial charge in [0, 0.05) is 23.6 Å². The number of rotatable bonds is 2. The molecule has 1 aliphatic rings. The van der Waals surface area contributed by atoms with Gasteiger partial charge < -0.3 is 10.6 Å². The molecule has 1 atom stereocenters. The molecule has 0 spiro atoms. The summed E-state index contributed by atoms with van der Waals surface area (Å²) >= 11 is 0. The summed E-state index contributed by atoms with van der Waals surface area (Å²) in [7, 11) is 0. The number of anilines is 2. The summed E-state index contributed by atoms with van der Waals surface area (Å²) in [5.74, 6) is -0.553. The van der Waals surface area contributed by atoms with Crippen LogP contribution in [0.15, 0.2) is 42.7 Å². The van der Waals surface area contributed by atoms with E-state index in [0.29, 0.717) is 11.3 Å². The third kappa shape index (κ3) is 1.79. The first-order valence-electron chi connectivity index (χ1n) is 5.51. The molecule has 2 aromatic rings. The third-order valence-electron chi connectivity index (χ3n) is 2.82. The molecule has 1 unspecified atom stereocenters. The van der Waals surface area contributed by atoms with Crippen LogP contribution in [0.1, 0.15) is 11.6 Å². The zero-order chi connectivity index (χ0) is 12.5. The Hall–Kier alpha value is -2.43. The van der Waals surface area contributed by atoms with Crippen molar-refractivity contribution in [3.05, 3.63) is 54.1 Å². The van der Waals surface area contributed by atoms with Gasteiger partial charge in [-0.2, -0.15) is 0 Å². The van der Waals surface area contributed by atoms with Gasteiger partial charge in [-0.1, -0.05) is 0 Å². The number of pyridine rings is 1. The lowest BCUT2D eigenvalue weighted by Crippen LogP contribution is -2.19. The quantitative estimate of drug-likeness (QED) is 0.851. The molecule has 0 aliphatic carbocycles. The number of carbonyl (C=O) groups excluding carboxylic acids is 1. The maximum atomic E-state index is 13.2. The summed E-state index contributed by atoms with van der Waals surface area (Å²) in [4.78, 5) is 15.8. The zero-order valence-electron chi connectivity index (χ0n) is 9.35. The lowest BCUT2D eigenvalue weighted by molar-refractivity contribution is -0.116. The molecule has 18 heavy (non-hydrogen) atoms. The Morgan fingerprint density at radius 1 is 1.33 bits per heavy atom. The van der Waals surface area contributed by atoms with Crippen molar-refractivity contribution in [2.75, 3.05) is 10.6 Å². The fourth-order valence-corrected chi connectivity index (χ4v) is 1.99. The summed E-state index contributed by atoms with van der Waals surface area (Å²) < 4.78 is 13.2. The van der Waals surface area contributed by atoms with Gasteiger partial charge in [-0.15, -0.1) is 0 Å². The van der Waals surface area contributed by atoms with Gasteiger partial charge in [0.15, 0.2) is 0 Å². The van der Waals surface area contributed by atoms with E-state index in [1.165, 1.54) is 12.1 Å². The van der Waals surface area contributed by atoms with Crippen LogP contribution >= 0.6 is 0 Å². The Kier molecular flexibility index (Phi) is 2.44. The molecule has 2 heterocycles. The van der Waals surface area contributed by atoms with E-state index in [1.54, 1.807) is 30.6 Å². The lowest BCUT2D eigenvalue weighted by Gasteiger charge is -2.12. The SMILES string of the molecule is O=C1Nc2ccc(F)cc2C1Nc1cccnc1. The topological polar surface area (TPSA) is 54.0 Å². The van der Waals surface area contributed by atoms with Crippen molar-refractivity contribution in [3.63, 3.8) is 0 Å². The van der Waals surface area contributed by atoms with Crippen molar-refractivity contribution in [2.45, 2.75) is 6.04 Å². The maximum absolute atomic E-state index is 13.2. The van der Waals surface area contributed by atoms with Crippen LogP contribution in [0.2, 0.25) is 0 Å². The smallest absolute Gasteiger partial charge is 0.251 e. The van der Waals surface area contributed by atoms with Crippen molar-refractivity contribution in [2.24, 2.45) is 0 Å². The van der Waals surface area contributed by atoms with Crippen molar-refractivity contribution < 1.29 is 9.18 Å². The first-order chi connectivity index (χ1) is 8.74. The summed E-state index contributed by atoms with van der Waals surface area (Å²) in [6.07, 6.45) is 3.26. The summed E-state index contributed by atoms with van der Waals surface area (Å²) in [5, 5.41) is 5.74. The monoisotopic (exact) mass is 243 g/mol. The number of halogens is 1. The molecule has 5 heteroatoms. The highest BCUT2D eigenvalue weighted by atomic mass is 19.1. The normalized spacial score (nSPS) is 17.2. The van der Waals surface area contributed by atoms with Crippen LogP contribution in [-0.2, 0) is 4.79 Å². The third-order valence-corrected chi connectivity index (χ3v) is 2.82. The van der Waals surface area contributed by atoms with Crippen LogP contribution in [0, 0.1) is 5.82 Å². The first-order valence-corrected chi connectivity index (χ1v) is 5.51. The summed E-state index contributed by atoms with van der Waals surface area (Å²) in [6.45, 7) is 0. The molecule has 4 nitrogen and oxygen atoms in total. The van der Waals surface area contributed by atoms with Crippen LogP contribution in [-0.4, -0.2) is 10.9 Å². The highest BCUT2D eigenvalue weighted by molar-refractivity contribution is 6.04. The molecular formula is C13H10FN3O. The minimum atomic E-state index is -0.583. The standard InChI is InChI=1S/C13H10FN3O/c14-8-3-4-11-10(6-8)12(13(18)17-11)16-9-2-1-5-15-7-9/h1-7,12,16H,(H,17,18). The maximum Gasteiger partial charge on any atom is 0.251 e. The van der Waals surface area contributed by atoms with E-state index < -0.39 is 6.04 Å². The zero-order valence-corrected chi connectivity index (χ0v) is 9.35. The first kappa shape index (κ1) is 10.7. The minimum absolute atomic E-state index is 0.195. The second-order valence-corrected chi connectivity index (χ2v) is 4.04. The molecule has 90 valence electrons. The van der Waals surface area contributed by atoms with Gasteiger partial charge in [0.1, 0.15) is 11.9 Å². The highest BCUT2D eigenvalue weighted by Crippen LogP contribution is 2.33. The van der Waals surface area contributed by atoms with Crippen LogP contribution in [0.25, 0.3) is 0 Å². The second-order valence-electron chi connectivity index (χ2n) is 4.04. The number of nitrogens with one attached hydrogen (secondary N) is 2. The molecule has 2 N–H and O–H groups in total. The highest BCUT2D eigenvalue weighted by Gasteiger charge is 2.30. The molecule has 0 saturated heterocycles.